The molecule has 1 aromatic carbocycles. The van der Waals surface area contributed by atoms with Crippen molar-refractivity contribution in [3.8, 4) is 11.5 Å². The molecule has 0 aliphatic heterocycles. The molecule has 2 aromatic rings. The maximum absolute atomic E-state index is 10.8. The Morgan fingerprint density at radius 3 is 2.85 bits per heavy atom. The zero-order valence-electron chi connectivity index (χ0n) is 10.0. The third kappa shape index (κ3) is 3.09. The fraction of sp³-hybridized carbons (Fsp3) is 0. The van der Waals surface area contributed by atoms with Crippen molar-refractivity contribution in [2.24, 2.45) is 5.73 Å². The molecule has 0 saturated carbocycles. The second-order valence-corrected chi connectivity index (χ2v) is 4.68. The Morgan fingerprint density at radius 1 is 1.45 bits per heavy atom. The van der Waals surface area contributed by atoms with E-state index in [1.807, 2.05) is 0 Å². The number of aromatic nitrogens is 1. The minimum Gasteiger partial charge on any atom is -0.455 e. The Bertz CT molecular complexity index is 690. The zero-order chi connectivity index (χ0) is 14.7. The van der Waals surface area contributed by atoms with Crippen molar-refractivity contribution in [3.05, 3.63) is 56.8 Å². The quantitative estimate of drug-likeness (QED) is 0.385. The lowest BCUT2D eigenvalue weighted by Crippen LogP contribution is -2.14. The van der Waals surface area contributed by atoms with Gasteiger partial charge in [-0.3, -0.25) is 15.5 Å². The van der Waals surface area contributed by atoms with Crippen molar-refractivity contribution in [1.29, 1.82) is 5.41 Å². The first-order chi connectivity index (χ1) is 9.47. The monoisotopic (exact) mass is 336 g/mol. The van der Waals surface area contributed by atoms with Crippen LogP contribution in [0.15, 0.2) is 41.0 Å². The van der Waals surface area contributed by atoms with Crippen LogP contribution in [-0.4, -0.2) is 15.7 Å². The minimum atomic E-state index is -0.521. The lowest BCUT2D eigenvalue weighted by molar-refractivity contribution is -0.385. The highest BCUT2D eigenvalue weighted by atomic mass is 79.9. The van der Waals surface area contributed by atoms with Crippen LogP contribution in [0.4, 0.5) is 5.69 Å². The topological polar surface area (TPSA) is 115 Å². The van der Waals surface area contributed by atoms with Gasteiger partial charge in [0.1, 0.15) is 17.3 Å². The van der Waals surface area contributed by atoms with Gasteiger partial charge in [0.25, 0.3) is 5.69 Å². The van der Waals surface area contributed by atoms with E-state index in [9.17, 15) is 10.1 Å². The van der Waals surface area contributed by atoms with E-state index < -0.39 is 4.92 Å². The highest BCUT2D eigenvalue weighted by molar-refractivity contribution is 9.10. The number of pyridine rings is 1. The number of amidine groups is 1. The molecule has 0 atom stereocenters. The van der Waals surface area contributed by atoms with Gasteiger partial charge in [-0.15, -0.1) is 0 Å². The summed E-state index contributed by atoms with van der Waals surface area (Å²) >= 11 is 3.18. The standard InChI is InChI=1S/C12H9BrN4O3/c13-7-4-8(17(18)19)6-9(5-7)20-10-2-1-3-16-11(10)12(14)15/h1-6H,(H3,14,15). The summed E-state index contributed by atoms with van der Waals surface area (Å²) < 4.78 is 6.03. The first kappa shape index (κ1) is 13.9. The minimum absolute atomic E-state index is 0.109. The van der Waals surface area contributed by atoms with Gasteiger partial charge in [-0.05, 0) is 18.2 Å². The van der Waals surface area contributed by atoms with Crippen molar-refractivity contribution in [1.82, 2.24) is 4.98 Å². The van der Waals surface area contributed by atoms with Gasteiger partial charge in [-0.25, -0.2) is 4.98 Å². The summed E-state index contributed by atoms with van der Waals surface area (Å²) in [6.07, 6.45) is 1.48. The molecule has 0 aliphatic carbocycles. The van der Waals surface area contributed by atoms with Crippen LogP contribution in [0.25, 0.3) is 0 Å². The zero-order valence-corrected chi connectivity index (χ0v) is 11.6. The molecule has 0 radical (unpaired) electrons. The molecule has 1 aromatic heterocycles. The van der Waals surface area contributed by atoms with Crippen LogP contribution in [0.3, 0.4) is 0 Å². The third-order valence-corrected chi connectivity index (χ3v) is 2.78. The SMILES string of the molecule is N=C(N)c1ncccc1Oc1cc(Br)cc([N+](=O)[O-])c1. The number of nitro benzene ring substituents is 1. The van der Waals surface area contributed by atoms with Crippen LogP contribution in [-0.2, 0) is 0 Å². The molecule has 102 valence electrons. The molecule has 3 N–H and O–H groups in total. The lowest BCUT2D eigenvalue weighted by Gasteiger charge is -2.09. The Kier molecular flexibility index (Phi) is 3.94. The Hall–Kier alpha value is -2.48. The van der Waals surface area contributed by atoms with E-state index >= 15 is 0 Å². The lowest BCUT2D eigenvalue weighted by atomic mass is 10.3. The summed E-state index contributed by atoms with van der Waals surface area (Å²) in [5.74, 6) is 0.263. The molecular weight excluding hydrogens is 328 g/mol. The molecule has 20 heavy (non-hydrogen) atoms. The summed E-state index contributed by atoms with van der Waals surface area (Å²) in [7, 11) is 0. The van der Waals surface area contributed by atoms with Gasteiger partial charge in [-0.1, -0.05) is 15.9 Å². The van der Waals surface area contributed by atoms with Crippen molar-refractivity contribution in [2.45, 2.75) is 0 Å². The van der Waals surface area contributed by atoms with Gasteiger partial charge in [-0.2, -0.15) is 0 Å². The fourth-order valence-corrected chi connectivity index (χ4v) is 1.97. The van der Waals surface area contributed by atoms with E-state index in [4.69, 9.17) is 15.9 Å². The number of nitrogens with two attached hydrogens (primary N) is 1. The predicted octanol–water partition coefficient (Wildman–Crippen LogP) is 2.83. The average molecular weight is 337 g/mol. The Morgan fingerprint density at radius 2 is 2.20 bits per heavy atom. The van der Waals surface area contributed by atoms with Crippen molar-refractivity contribution in [2.75, 3.05) is 0 Å². The number of halogens is 1. The van der Waals surface area contributed by atoms with Gasteiger partial charge < -0.3 is 10.5 Å². The number of benzene rings is 1. The van der Waals surface area contributed by atoms with E-state index in [1.165, 1.54) is 18.3 Å². The first-order valence-corrected chi connectivity index (χ1v) is 6.19. The normalized spacial score (nSPS) is 10.1. The summed E-state index contributed by atoms with van der Waals surface area (Å²) in [5.41, 5.74) is 5.47. The maximum Gasteiger partial charge on any atom is 0.274 e. The molecule has 0 spiro atoms. The van der Waals surface area contributed by atoms with E-state index in [-0.39, 0.29) is 28.7 Å². The summed E-state index contributed by atoms with van der Waals surface area (Å²) in [4.78, 5) is 14.2. The third-order valence-electron chi connectivity index (χ3n) is 2.32. The van der Waals surface area contributed by atoms with Gasteiger partial charge in [0, 0.05) is 16.7 Å². The number of hydrogen-bond acceptors (Lipinski definition) is 5. The van der Waals surface area contributed by atoms with Crippen molar-refractivity contribution < 1.29 is 9.66 Å². The summed E-state index contributed by atoms with van der Waals surface area (Å²) in [6.45, 7) is 0. The van der Waals surface area contributed by atoms with Crippen LogP contribution >= 0.6 is 15.9 Å². The summed E-state index contributed by atoms with van der Waals surface area (Å²) in [5, 5.41) is 18.2. The molecule has 1 heterocycles. The molecule has 0 fully saturated rings. The van der Waals surface area contributed by atoms with Gasteiger partial charge >= 0.3 is 0 Å². The largest absolute Gasteiger partial charge is 0.455 e. The number of non-ortho nitro benzene ring substituents is 1. The molecule has 0 unspecified atom stereocenters. The number of nitrogens with one attached hydrogen (secondary N) is 1. The summed E-state index contributed by atoms with van der Waals surface area (Å²) in [6, 6.07) is 7.41. The average Bonchev–Trinajstić information content (AvgIpc) is 2.38. The van der Waals surface area contributed by atoms with Gasteiger partial charge in [0.2, 0.25) is 0 Å². The predicted molar refractivity (Wildman–Crippen MR) is 76.1 cm³/mol. The van der Waals surface area contributed by atoms with Crippen LogP contribution < -0.4 is 10.5 Å². The highest BCUT2D eigenvalue weighted by Gasteiger charge is 2.13. The second kappa shape index (κ2) is 5.66. The van der Waals surface area contributed by atoms with E-state index in [2.05, 4.69) is 20.9 Å². The molecular formula is C12H9BrN4O3. The molecule has 8 heteroatoms. The Labute approximate surface area is 122 Å². The van der Waals surface area contributed by atoms with E-state index in [0.29, 0.717) is 4.47 Å². The first-order valence-electron chi connectivity index (χ1n) is 5.39. The molecule has 0 amide bonds. The van der Waals surface area contributed by atoms with E-state index in [0.717, 1.165) is 0 Å². The van der Waals surface area contributed by atoms with Gasteiger partial charge in [0.05, 0.1) is 11.0 Å². The number of nitro groups is 1. The smallest absolute Gasteiger partial charge is 0.274 e. The highest BCUT2D eigenvalue weighted by Crippen LogP contribution is 2.30. The van der Waals surface area contributed by atoms with Crippen LogP contribution in [0.1, 0.15) is 5.69 Å². The molecule has 2 rings (SSSR count). The fourth-order valence-electron chi connectivity index (χ4n) is 1.51. The van der Waals surface area contributed by atoms with Gasteiger partial charge in [0.15, 0.2) is 5.75 Å². The Balaban J connectivity index is 2.40. The van der Waals surface area contributed by atoms with Crippen LogP contribution in [0.5, 0.6) is 11.5 Å². The molecule has 0 aliphatic rings. The number of hydrogen-bond donors (Lipinski definition) is 2. The van der Waals surface area contributed by atoms with Crippen molar-refractivity contribution >= 4 is 27.5 Å². The maximum atomic E-state index is 10.8. The second-order valence-electron chi connectivity index (χ2n) is 3.77. The number of ether oxygens (including phenoxy) is 1. The number of rotatable bonds is 4. The molecule has 7 nitrogen and oxygen atoms in total. The van der Waals surface area contributed by atoms with Crippen LogP contribution in [0, 0.1) is 15.5 Å². The molecule has 0 saturated heterocycles. The van der Waals surface area contributed by atoms with Crippen molar-refractivity contribution in [3.63, 3.8) is 0 Å². The van der Waals surface area contributed by atoms with E-state index in [1.54, 1.807) is 18.2 Å². The molecule has 0 bridgehead atoms. The number of nitrogens with zero attached hydrogens (tertiary/aromatic N) is 2. The number of nitrogen functional groups attached to an aromatic ring is 1. The van der Waals surface area contributed by atoms with Crippen LogP contribution in [0.2, 0.25) is 0 Å².